The number of ether oxygens (including phenoxy) is 1. The Morgan fingerprint density at radius 3 is 2.52 bits per heavy atom. The molecule has 29 heavy (non-hydrogen) atoms. The van der Waals surface area contributed by atoms with Gasteiger partial charge in [-0.15, -0.1) is 5.10 Å². The molecule has 4 rings (SSSR count). The van der Waals surface area contributed by atoms with Gasteiger partial charge in [-0.1, -0.05) is 47.7 Å². The Hall–Kier alpha value is -3.81. The van der Waals surface area contributed by atoms with Gasteiger partial charge in [0.15, 0.2) is 6.73 Å². The summed E-state index contributed by atoms with van der Waals surface area (Å²) in [5.41, 5.74) is 2.87. The molecule has 0 aliphatic carbocycles. The molecule has 0 fully saturated rings. The summed E-state index contributed by atoms with van der Waals surface area (Å²) in [4.78, 5) is 25.1. The molecule has 0 saturated heterocycles. The van der Waals surface area contributed by atoms with Crippen molar-refractivity contribution in [3.05, 3.63) is 87.5 Å². The zero-order valence-corrected chi connectivity index (χ0v) is 16.1. The molecule has 146 valence electrons. The summed E-state index contributed by atoms with van der Waals surface area (Å²) in [6, 6.07) is 16.7. The third-order valence-electron chi connectivity index (χ3n) is 4.71. The summed E-state index contributed by atoms with van der Waals surface area (Å²) < 4.78 is 8.13. The van der Waals surface area contributed by atoms with E-state index >= 15 is 0 Å². The predicted octanol–water partition coefficient (Wildman–Crippen LogP) is 2.47. The van der Waals surface area contributed by atoms with Gasteiger partial charge < -0.3 is 4.74 Å². The maximum absolute atomic E-state index is 12.7. The minimum atomic E-state index is -0.554. The van der Waals surface area contributed by atoms with Crippen LogP contribution >= 0.6 is 0 Å². The third-order valence-corrected chi connectivity index (χ3v) is 4.71. The van der Waals surface area contributed by atoms with E-state index in [4.69, 9.17) is 4.74 Å². The molecule has 2 aromatic heterocycles. The van der Waals surface area contributed by atoms with Gasteiger partial charge in [0.1, 0.15) is 11.1 Å². The van der Waals surface area contributed by atoms with Crippen LogP contribution in [0.3, 0.4) is 0 Å². The Morgan fingerprint density at radius 1 is 1.00 bits per heavy atom. The average molecular weight is 389 g/mol. The summed E-state index contributed by atoms with van der Waals surface area (Å²) in [5, 5.41) is 12.7. The van der Waals surface area contributed by atoms with E-state index in [1.54, 1.807) is 35.9 Å². The molecule has 2 heterocycles. The van der Waals surface area contributed by atoms with Crippen molar-refractivity contribution >= 4 is 16.9 Å². The van der Waals surface area contributed by atoms with E-state index in [2.05, 4.69) is 15.4 Å². The average Bonchev–Trinajstić information content (AvgIpc) is 3.01. The fourth-order valence-electron chi connectivity index (χ4n) is 3.20. The van der Waals surface area contributed by atoms with E-state index in [0.29, 0.717) is 34.4 Å². The molecule has 8 nitrogen and oxygen atoms in total. The standard InChI is InChI=1S/C21H19N5O3/c1-14-19(15(2)25(23-14)12-16-8-4-3-5-9-16)21(28)29-13-26-20(27)17-10-6-7-11-18(17)22-24-26/h3-11H,12-13H2,1-2H3. The lowest BCUT2D eigenvalue weighted by molar-refractivity contribution is 0.0334. The predicted molar refractivity (Wildman–Crippen MR) is 106 cm³/mol. The van der Waals surface area contributed by atoms with Gasteiger partial charge in [0.05, 0.1) is 23.3 Å². The number of fused-ring (bicyclic) bond motifs is 1. The van der Waals surface area contributed by atoms with Crippen LogP contribution in [0.4, 0.5) is 0 Å². The van der Waals surface area contributed by atoms with E-state index in [0.717, 1.165) is 10.2 Å². The largest absolute Gasteiger partial charge is 0.438 e. The number of nitrogens with zero attached hydrogens (tertiary/aromatic N) is 5. The Bertz CT molecular complexity index is 1240. The quantitative estimate of drug-likeness (QED) is 0.487. The lowest BCUT2D eigenvalue weighted by atomic mass is 10.2. The SMILES string of the molecule is Cc1nn(Cc2ccccc2)c(C)c1C(=O)OCn1nnc2ccccc2c1=O. The maximum Gasteiger partial charge on any atom is 0.343 e. The van der Waals surface area contributed by atoms with Crippen LogP contribution in [-0.2, 0) is 18.0 Å². The fraction of sp³-hybridized carbons (Fsp3) is 0.190. The third kappa shape index (κ3) is 3.64. The molecule has 0 aliphatic rings. The van der Waals surface area contributed by atoms with Crippen molar-refractivity contribution in [2.75, 3.05) is 0 Å². The molecule has 8 heteroatoms. The minimum absolute atomic E-state index is 0.321. The highest BCUT2D eigenvalue weighted by Crippen LogP contribution is 2.16. The first-order chi connectivity index (χ1) is 14.0. The Balaban J connectivity index is 1.53. The summed E-state index contributed by atoms with van der Waals surface area (Å²) in [5.74, 6) is -0.554. The smallest absolute Gasteiger partial charge is 0.343 e. The number of rotatable bonds is 5. The van der Waals surface area contributed by atoms with Crippen LogP contribution < -0.4 is 5.56 Å². The molecule has 4 aromatic rings. The van der Waals surface area contributed by atoms with Crippen molar-refractivity contribution in [1.82, 2.24) is 24.8 Å². The van der Waals surface area contributed by atoms with E-state index in [1.807, 2.05) is 37.3 Å². The van der Waals surface area contributed by atoms with Gasteiger partial charge in [-0.25, -0.2) is 4.79 Å². The zero-order valence-electron chi connectivity index (χ0n) is 16.1. The number of carbonyl (C=O) groups is 1. The van der Waals surface area contributed by atoms with Gasteiger partial charge in [0.25, 0.3) is 5.56 Å². The van der Waals surface area contributed by atoms with Gasteiger partial charge in [0, 0.05) is 0 Å². The lowest BCUT2D eigenvalue weighted by Gasteiger charge is -2.08. The van der Waals surface area contributed by atoms with E-state index in [1.165, 1.54) is 0 Å². The van der Waals surface area contributed by atoms with Crippen molar-refractivity contribution in [3.8, 4) is 0 Å². The second-order valence-corrected chi connectivity index (χ2v) is 6.66. The van der Waals surface area contributed by atoms with E-state index < -0.39 is 5.97 Å². The van der Waals surface area contributed by atoms with Crippen molar-refractivity contribution < 1.29 is 9.53 Å². The number of aryl methyl sites for hydroxylation is 1. The zero-order chi connectivity index (χ0) is 20.4. The first-order valence-corrected chi connectivity index (χ1v) is 9.12. The monoisotopic (exact) mass is 389 g/mol. The maximum atomic E-state index is 12.7. The highest BCUT2D eigenvalue weighted by atomic mass is 16.5. The summed E-state index contributed by atoms with van der Waals surface area (Å²) >= 11 is 0. The summed E-state index contributed by atoms with van der Waals surface area (Å²) in [6.45, 7) is 3.81. The van der Waals surface area contributed by atoms with Crippen LogP contribution in [0.25, 0.3) is 10.9 Å². The molecular weight excluding hydrogens is 370 g/mol. The first-order valence-electron chi connectivity index (χ1n) is 9.12. The highest BCUT2D eigenvalue weighted by molar-refractivity contribution is 5.91. The van der Waals surface area contributed by atoms with Crippen LogP contribution in [0, 0.1) is 13.8 Å². The molecule has 0 atom stereocenters. The highest BCUT2D eigenvalue weighted by Gasteiger charge is 2.20. The molecule has 2 aromatic carbocycles. The molecule has 0 saturated carbocycles. The topological polar surface area (TPSA) is 91.9 Å². The first kappa shape index (κ1) is 18.5. The van der Waals surface area contributed by atoms with Crippen LogP contribution in [0.5, 0.6) is 0 Å². The van der Waals surface area contributed by atoms with Crippen LogP contribution in [0.1, 0.15) is 27.3 Å². The molecule has 0 bridgehead atoms. The Labute approximate surface area is 166 Å². The molecule has 0 unspecified atom stereocenters. The Morgan fingerprint density at radius 2 is 1.72 bits per heavy atom. The van der Waals surface area contributed by atoms with Gasteiger partial charge in [-0.2, -0.15) is 9.78 Å². The number of aromatic nitrogens is 5. The molecule has 0 radical (unpaired) electrons. The van der Waals surface area contributed by atoms with Gasteiger partial charge in [-0.3, -0.25) is 9.48 Å². The van der Waals surface area contributed by atoms with E-state index in [9.17, 15) is 9.59 Å². The number of esters is 1. The Kier molecular flexibility index (Phi) is 4.90. The van der Waals surface area contributed by atoms with Crippen LogP contribution in [0.15, 0.2) is 59.4 Å². The molecular formula is C21H19N5O3. The normalized spacial score (nSPS) is 11.0. The fourth-order valence-corrected chi connectivity index (χ4v) is 3.20. The second-order valence-electron chi connectivity index (χ2n) is 6.66. The van der Waals surface area contributed by atoms with E-state index in [-0.39, 0.29) is 12.3 Å². The van der Waals surface area contributed by atoms with Crippen LogP contribution in [0.2, 0.25) is 0 Å². The van der Waals surface area contributed by atoms with Crippen molar-refractivity contribution in [2.45, 2.75) is 27.1 Å². The summed E-state index contributed by atoms with van der Waals surface area (Å²) in [6.07, 6.45) is 0. The van der Waals surface area contributed by atoms with Crippen LogP contribution in [-0.4, -0.2) is 30.7 Å². The molecule has 0 N–H and O–H groups in total. The van der Waals surface area contributed by atoms with Crippen molar-refractivity contribution in [1.29, 1.82) is 0 Å². The van der Waals surface area contributed by atoms with Crippen molar-refractivity contribution in [2.24, 2.45) is 0 Å². The van der Waals surface area contributed by atoms with Gasteiger partial charge in [0.2, 0.25) is 0 Å². The van der Waals surface area contributed by atoms with Gasteiger partial charge >= 0.3 is 5.97 Å². The number of hydrogen-bond acceptors (Lipinski definition) is 6. The summed E-state index contributed by atoms with van der Waals surface area (Å²) in [7, 11) is 0. The molecule has 0 amide bonds. The second kappa shape index (κ2) is 7.67. The number of carbonyl (C=O) groups excluding carboxylic acids is 1. The number of benzene rings is 2. The lowest BCUT2D eigenvalue weighted by Crippen LogP contribution is -2.26. The number of hydrogen-bond donors (Lipinski definition) is 0. The van der Waals surface area contributed by atoms with Gasteiger partial charge in [-0.05, 0) is 31.5 Å². The van der Waals surface area contributed by atoms with Crippen molar-refractivity contribution in [3.63, 3.8) is 0 Å². The molecule has 0 aliphatic heterocycles. The molecule has 0 spiro atoms. The minimum Gasteiger partial charge on any atom is -0.438 e.